The molecule has 0 spiro atoms. The van der Waals surface area contributed by atoms with Gasteiger partial charge >= 0.3 is 5.97 Å². The number of amides is 2. The van der Waals surface area contributed by atoms with E-state index in [2.05, 4.69) is 5.32 Å². The number of nitrogens with one attached hydrogen (secondary N) is 1. The van der Waals surface area contributed by atoms with Crippen molar-refractivity contribution in [1.82, 2.24) is 4.90 Å². The number of aromatic carboxylic acids is 1. The minimum atomic E-state index is -1.18. The van der Waals surface area contributed by atoms with Crippen LogP contribution >= 0.6 is 0 Å². The Morgan fingerprint density at radius 2 is 1.87 bits per heavy atom. The van der Waals surface area contributed by atoms with Crippen LogP contribution in [0, 0.1) is 5.92 Å². The number of benzene rings is 2. The van der Waals surface area contributed by atoms with E-state index >= 15 is 0 Å². The maximum Gasteiger partial charge on any atom is 0.335 e. The highest BCUT2D eigenvalue weighted by Gasteiger charge is 2.34. The number of rotatable bonds is 8. The zero-order valence-electron chi connectivity index (χ0n) is 17.3. The van der Waals surface area contributed by atoms with Gasteiger partial charge in [0.05, 0.1) is 31.4 Å². The molecular weight excluding hydrogens is 404 g/mol. The molecule has 1 saturated heterocycles. The molecule has 0 aliphatic carbocycles. The van der Waals surface area contributed by atoms with Gasteiger partial charge in [-0.2, -0.15) is 0 Å². The molecule has 0 aromatic heterocycles. The lowest BCUT2D eigenvalue weighted by Gasteiger charge is -2.17. The first-order valence-electron chi connectivity index (χ1n) is 9.68. The number of methoxy groups -OCH3 is 2. The molecule has 3 rings (SSSR count). The molecule has 1 unspecified atom stereocenters. The van der Waals surface area contributed by atoms with Crippen molar-refractivity contribution in [3.05, 3.63) is 47.5 Å². The van der Waals surface area contributed by atoms with E-state index in [1.54, 1.807) is 25.2 Å². The topological polar surface area (TPSA) is 125 Å². The quantitative estimate of drug-likeness (QED) is 0.550. The summed E-state index contributed by atoms with van der Waals surface area (Å²) in [5.74, 6) is -1.37. The van der Waals surface area contributed by atoms with Crippen LogP contribution in [-0.2, 0) is 16.0 Å². The van der Waals surface area contributed by atoms with E-state index in [4.69, 9.17) is 14.6 Å². The third-order valence-electron chi connectivity index (χ3n) is 5.21. The number of ether oxygens (including phenoxy) is 2. The standard InChI is InChI=1S/C22H24N2O7/c1-30-18-6-3-13(9-19(18)31-2)7-8-24-12-15(11-20(24)26)21(27)23-16-5-4-14(22(28)29)10-17(16)25/h3-6,9-10,15,25H,7-8,11-12H2,1-2H3,(H,23,27)(H,28,29). The van der Waals surface area contributed by atoms with Gasteiger partial charge in [0.1, 0.15) is 5.75 Å². The molecule has 31 heavy (non-hydrogen) atoms. The molecule has 1 atom stereocenters. The van der Waals surface area contributed by atoms with E-state index < -0.39 is 17.8 Å². The van der Waals surface area contributed by atoms with Crippen LogP contribution in [0.2, 0.25) is 0 Å². The van der Waals surface area contributed by atoms with Crippen LogP contribution in [0.5, 0.6) is 17.2 Å². The van der Waals surface area contributed by atoms with Gasteiger partial charge in [0.2, 0.25) is 11.8 Å². The van der Waals surface area contributed by atoms with Crippen molar-refractivity contribution in [2.45, 2.75) is 12.8 Å². The number of likely N-dealkylation sites (tertiary alicyclic amines) is 1. The monoisotopic (exact) mass is 428 g/mol. The van der Waals surface area contributed by atoms with Crippen molar-refractivity contribution in [3.63, 3.8) is 0 Å². The highest BCUT2D eigenvalue weighted by Crippen LogP contribution is 2.29. The Labute approximate surface area is 179 Å². The van der Waals surface area contributed by atoms with Crippen molar-refractivity contribution in [3.8, 4) is 17.2 Å². The van der Waals surface area contributed by atoms with Crippen molar-refractivity contribution >= 4 is 23.5 Å². The van der Waals surface area contributed by atoms with Crippen LogP contribution < -0.4 is 14.8 Å². The molecule has 1 aliphatic rings. The van der Waals surface area contributed by atoms with Crippen molar-refractivity contribution in [2.75, 3.05) is 32.6 Å². The van der Waals surface area contributed by atoms with Crippen LogP contribution in [0.25, 0.3) is 0 Å². The third-order valence-corrected chi connectivity index (χ3v) is 5.21. The number of hydrogen-bond donors (Lipinski definition) is 3. The second-order valence-electron chi connectivity index (χ2n) is 7.21. The molecule has 2 aromatic carbocycles. The molecule has 0 bridgehead atoms. The molecule has 2 amide bonds. The summed E-state index contributed by atoms with van der Waals surface area (Å²) < 4.78 is 10.5. The summed E-state index contributed by atoms with van der Waals surface area (Å²) in [7, 11) is 3.12. The fraction of sp³-hybridized carbons (Fsp3) is 0.318. The number of aromatic hydroxyl groups is 1. The van der Waals surface area contributed by atoms with E-state index in [0.717, 1.165) is 11.6 Å². The summed E-state index contributed by atoms with van der Waals surface area (Å²) in [6.45, 7) is 0.725. The van der Waals surface area contributed by atoms with Crippen LogP contribution in [-0.4, -0.2) is 60.2 Å². The first-order chi connectivity index (χ1) is 14.8. The molecular formula is C22H24N2O7. The number of nitrogens with zero attached hydrogens (tertiary/aromatic N) is 1. The summed E-state index contributed by atoms with van der Waals surface area (Å²) >= 11 is 0. The third kappa shape index (κ3) is 5.06. The minimum Gasteiger partial charge on any atom is -0.506 e. The van der Waals surface area contributed by atoms with Crippen molar-refractivity contribution in [1.29, 1.82) is 0 Å². The fourth-order valence-corrected chi connectivity index (χ4v) is 3.47. The lowest BCUT2D eigenvalue weighted by Crippen LogP contribution is -2.30. The Hall–Kier alpha value is -3.75. The molecule has 1 fully saturated rings. The van der Waals surface area contributed by atoms with Crippen LogP contribution in [0.15, 0.2) is 36.4 Å². The van der Waals surface area contributed by atoms with Gasteiger partial charge in [-0.1, -0.05) is 6.07 Å². The summed E-state index contributed by atoms with van der Waals surface area (Å²) in [4.78, 5) is 37.5. The summed E-state index contributed by atoms with van der Waals surface area (Å²) in [6, 6.07) is 9.23. The first-order valence-corrected chi connectivity index (χ1v) is 9.68. The molecule has 0 radical (unpaired) electrons. The Balaban J connectivity index is 1.58. The second-order valence-corrected chi connectivity index (χ2v) is 7.21. The maximum atomic E-state index is 12.6. The van der Waals surface area contributed by atoms with Gasteiger partial charge in [0, 0.05) is 19.5 Å². The Bertz CT molecular complexity index is 1010. The number of hydrogen-bond acceptors (Lipinski definition) is 6. The van der Waals surface area contributed by atoms with Gasteiger partial charge < -0.3 is 29.9 Å². The number of carboxylic acids is 1. The summed E-state index contributed by atoms with van der Waals surface area (Å²) in [5.41, 5.74) is 0.987. The van der Waals surface area contributed by atoms with Crippen LogP contribution in [0.3, 0.4) is 0 Å². The lowest BCUT2D eigenvalue weighted by atomic mass is 10.1. The molecule has 0 saturated carbocycles. The first kappa shape index (κ1) is 21.9. The van der Waals surface area contributed by atoms with E-state index in [1.165, 1.54) is 12.1 Å². The Morgan fingerprint density at radius 3 is 2.52 bits per heavy atom. The van der Waals surface area contributed by atoms with E-state index in [-0.39, 0.29) is 35.9 Å². The fourth-order valence-electron chi connectivity index (χ4n) is 3.47. The van der Waals surface area contributed by atoms with E-state index in [9.17, 15) is 19.5 Å². The zero-order valence-corrected chi connectivity index (χ0v) is 17.3. The van der Waals surface area contributed by atoms with Crippen molar-refractivity contribution < 1.29 is 34.1 Å². The van der Waals surface area contributed by atoms with Gasteiger partial charge in [0.25, 0.3) is 0 Å². The Morgan fingerprint density at radius 1 is 1.13 bits per heavy atom. The highest BCUT2D eigenvalue weighted by atomic mass is 16.5. The Kier molecular flexibility index (Phi) is 6.64. The zero-order chi connectivity index (χ0) is 22.5. The van der Waals surface area contributed by atoms with E-state index in [0.29, 0.717) is 24.5 Å². The molecule has 3 N–H and O–H groups in total. The maximum absolute atomic E-state index is 12.6. The highest BCUT2D eigenvalue weighted by molar-refractivity contribution is 5.98. The number of phenolic OH excluding ortho intramolecular Hbond substituents is 1. The predicted molar refractivity (Wildman–Crippen MR) is 112 cm³/mol. The number of carbonyl (C=O) groups excluding carboxylic acids is 2. The number of carboxylic acid groups (broad SMARTS) is 1. The average Bonchev–Trinajstić information content (AvgIpc) is 3.13. The molecule has 1 heterocycles. The minimum absolute atomic E-state index is 0.0751. The van der Waals surface area contributed by atoms with Gasteiger partial charge in [-0.15, -0.1) is 0 Å². The average molecular weight is 428 g/mol. The number of phenols is 1. The predicted octanol–water partition coefficient (Wildman–Crippen LogP) is 2.14. The SMILES string of the molecule is COc1ccc(CCN2CC(C(=O)Nc3ccc(C(=O)O)cc3O)CC2=O)cc1OC. The molecule has 9 heteroatoms. The number of anilines is 1. The van der Waals surface area contributed by atoms with Crippen molar-refractivity contribution in [2.24, 2.45) is 5.92 Å². The molecule has 164 valence electrons. The van der Waals surface area contributed by atoms with E-state index in [1.807, 2.05) is 12.1 Å². The van der Waals surface area contributed by atoms with Gasteiger partial charge in [0.15, 0.2) is 11.5 Å². The largest absolute Gasteiger partial charge is 0.506 e. The van der Waals surface area contributed by atoms with Gasteiger partial charge in [-0.05, 0) is 42.3 Å². The van der Waals surface area contributed by atoms with Gasteiger partial charge in [-0.3, -0.25) is 9.59 Å². The van der Waals surface area contributed by atoms with Gasteiger partial charge in [-0.25, -0.2) is 4.79 Å². The summed E-state index contributed by atoms with van der Waals surface area (Å²) in [6.07, 6.45) is 0.670. The molecule has 9 nitrogen and oxygen atoms in total. The summed E-state index contributed by atoms with van der Waals surface area (Å²) in [5, 5.41) is 21.5. The second kappa shape index (κ2) is 9.38. The molecule has 1 aliphatic heterocycles. The molecule has 2 aromatic rings. The normalized spacial score (nSPS) is 15.6. The van der Waals surface area contributed by atoms with Crippen LogP contribution in [0.1, 0.15) is 22.3 Å². The lowest BCUT2D eigenvalue weighted by molar-refractivity contribution is -0.128. The van der Waals surface area contributed by atoms with Crippen LogP contribution in [0.4, 0.5) is 5.69 Å². The smallest absolute Gasteiger partial charge is 0.335 e. The number of carbonyl (C=O) groups is 3.